The predicted octanol–water partition coefficient (Wildman–Crippen LogP) is 4.41. The maximum atomic E-state index is 13.0. The summed E-state index contributed by atoms with van der Waals surface area (Å²) in [6, 6.07) is 7.29. The monoisotopic (exact) mass is 410 g/mol. The van der Waals surface area contributed by atoms with Crippen LogP contribution >= 0.6 is 0 Å². The van der Waals surface area contributed by atoms with Crippen molar-refractivity contribution in [2.75, 3.05) is 5.32 Å². The zero-order valence-electron chi connectivity index (χ0n) is 18.5. The molecule has 1 atom stereocenters. The third-order valence-corrected chi connectivity index (χ3v) is 5.43. The van der Waals surface area contributed by atoms with Gasteiger partial charge in [0, 0.05) is 24.2 Å². The van der Waals surface area contributed by atoms with Gasteiger partial charge < -0.3 is 20.5 Å². The molecule has 160 valence electrons. The van der Waals surface area contributed by atoms with Crippen molar-refractivity contribution in [2.24, 2.45) is 0 Å². The lowest BCUT2D eigenvalue weighted by atomic mass is 9.89. The summed E-state index contributed by atoms with van der Waals surface area (Å²) in [5, 5.41) is 16.3. The number of benzene rings is 2. The van der Waals surface area contributed by atoms with Gasteiger partial charge in [-0.1, -0.05) is 17.7 Å². The van der Waals surface area contributed by atoms with Crippen molar-refractivity contribution in [2.45, 2.75) is 66.3 Å². The smallest absolute Gasteiger partial charge is 0.337 e. The summed E-state index contributed by atoms with van der Waals surface area (Å²) in [4.78, 5) is 25.2. The second kappa shape index (κ2) is 8.20. The van der Waals surface area contributed by atoms with E-state index in [1.807, 2.05) is 53.7 Å². The molecule has 1 heterocycles. The molecule has 0 spiro atoms. The third-order valence-electron chi connectivity index (χ3n) is 5.43. The maximum absolute atomic E-state index is 13.0. The largest absolute Gasteiger partial charge is 0.479 e. The van der Waals surface area contributed by atoms with Crippen LogP contribution in [0.3, 0.4) is 0 Å². The maximum Gasteiger partial charge on any atom is 0.337 e. The van der Waals surface area contributed by atoms with E-state index < -0.39 is 17.7 Å². The molecule has 0 bridgehead atoms. The average molecular weight is 411 g/mol. The van der Waals surface area contributed by atoms with Crippen molar-refractivity contribution in [3.05, 3.63) is 63.2 Å². The van der Waals surface area contributed by atoms with Gasteiger partial charge in [0.25, 0.3) is 5.91 Å². The van der Waals surface area contributed by atoms with Crippen molar-refractivity contribution in [3.8, 4) is 0 Å². The van der Waals surface area contributed by atoms with E-state index >= 15 is 0 Å². The first-order chi connectivity index (χ1) is 14.0. The SMILES string of the molecule is Cc1ccc(C(=O)Nc2c(C)c3c(c(C)c2C(OC(C)(C)C)C(=O)O)CNC3)cc1. The number of amides is 1. The zero-order chi connectivity index (χ0) is 22.2. The van der Waals surface area contributed by atoms with Crippen LogP contribution in [0.4, 0.5) is 5.69 Å². The highest BCUT2D eigenvalue weighted by Gasteiger charge is 2.34. The highest BCUT2D eigenvalue weighted by molar-refractivity contribution is 6.05. The second-order valence-electron chi connectivity index (χ2n) is 8.87. The second-order valence-corrected chi connectivity index (χ2v) is 8.87. The van der Waals surface area contributed by atoms with Crippen molar-refractivity contribution in [1.82, 2.24) is 5.32 Å². The number of anilines is 1. The number of hydrogen-bond acceptors (Lipinski definition) is 4. The molecule has 0 aliphatic carbocycles. The Labute approximate surface area is 177 Å². The summed E-state index contributed by atoms with van der Waals surface area (Å²) in [6.07, 6.45) is -1.19. The molecule has 1 amide bonds. The molecule has 2 aromatic carbocycles. The molecule has 30 heavy (non-hydrogen) atoms. The molecule has 3 rings (SSSR count). The Bertz CT molecular complexity index is 988. The van der Waals surface area contributed by atoms with Crippen LogP contribution in [-0.2, 0) is 22.6 Å². The van der Waals surface area contributed by atoms with Gasteiger partial charge in [-0.25, -0.2) is 4.79 Å². The molecular formula is C24H30N2O4. The van der Waals surface area contributed by atoms with Crippen molar-refractivity contribution < 1.29 is 19.4 Å². The van der Waals surface area contributed by atoms with Gasteiger partial charge in [0.15, 0.2) is 6.10 Å². The molecule has 1 aliphatic heterocycles. The number of carbonyl (C=O) groups is 2. The van der Waals surface area contributed by atoms with E-state index in [1.54, 1.807) is 12.1 Å². The van der Waals surface area contributed by atoms with E-state index in [9.17, 15) is 14.7 Å². The van der Waals surface area contributed by atoms with E-state index in [1.165, 1.54) is 0 Å². The van der Waals surface area contributed by atoms with Gasteiger partial charge in [0.2, 0.25) is 0 Å². The molecule has 0 fully saturated rings. The van der Waals surface area contributed by atoms with Crippen molar-refractivity contribution >= 4 is 17.6 Å². The number of aryl methyl sites for hydroxylation is 1. The first kappa shape index (κ1) is 22.0. The van der Waals surface area contributed by atoms with Gasteiger partial charge in [-0.3, -0.25) is 4.79 Å². The summed E-state index contributed by atoms with van der Waals surface area (Å²) < 4.78 is 5.95. The first-order valence-corrected chi connectivity index (χ1v) is 10.1. The summed E-state index contributed by atoms with van der Waals surface area (Å²) in [7, 11) is 0. The standard InChI is InChI=1S/C24H30N2O4/c1-13-7-9-16(10-8-13)22(27)26-20-15(3)18-12-25-11-17(18)14(2)19(20)21(23(28)29)30-24(4,5)6/h7-10,21,25H,11-12H2,1-6H3,(H,26,27)(H,28,29). The highest BCUT2D eigenvalue weighted by Crippen LogP contribution is 2.40. The van der Waals surface area contributed by atoms with Crippen LogP contribution in [0.15, 0.2) is 24.3 Å². The summed E-state index contributed by atoms with van der Waals surface area (Å²) in [5.41, 5.74) is 5.86. The van der Waals surface area contributed by atoms with Crippen LogP contribution in [0.25, 0.3) is 0 Å². The summed E-state index contributed by atoms with van der Waals surface area (Å²) in [6.45, 7) is 12.6. The predicted molar refractivity (Wildman–Crippen MR) is 117 cm³/mol. The molecule has 6 heteroatoms. The molecule has 1 unspecified atom stereocenters. The summed E-state index contributed by atoms with van der Waals surface area (Å²) >= 11 is 0. The van der Waals surface area contributed by atoms with Crippen molar-refractivity contribution in [1.29, 1.82) is 0 Å². The Kier molecular flexibility index (Phi) is 6.01. The van der Waals surface area contributed by atoms with E-state index in [0.29, 0.717) is 29.9 Å². The summed E-state index contributed by atoms with van der Waals surface area (Å²) in [5.74, 6) is -1.35. The van der Waals surface area contributed by atoms with E-state index in [4.69, 9.17) is 4.74 Å². The fraction of sp³-hybridized carbons (Fsp3) is 0.417. The number of carboxylic acid groups (broad SMARTS) is 1. The Morgan fingerprint density at radius 2 is 1.60 bits per heavy atom. The Morgan fingerprint density at radius 1 is 1.03 bits per heavy atom. The third kappa shape index (κ3) is 4.40. The van der Waals surface area contributed by atoms with Crippen LogP contribution in [0.2, 0.25) is 0 Å². The molecule has 6 nitrogen and oxygen atoms in total. The molecule has 2 aromatic rings. The lowest BCUT2D eigenvalue weighted by molar-refractivity contribution is -0.160. The molecule has 0 saturated heterocycles. The van der Waals surface area contributed by atoms with Crippen LogP contribution in [0, 0.1) is 20.8 Å². The topological polar surface area (TPSA) is 87.7 Å². The Morgan fingerprint density at radius 3 is 2.13 bits per heavy atom. The minimum Gasteiger partial charge on any atom is -0.479 e. The van der Waals surface area contributed by atoms with E-state index in [0.717, 1.165) is 27.8 Å². The normalized spacial score (nSPS) is 14.3. The van der Waals surface area contributed by atoms with Gasteiger partial charge in [-0.2, -0.15) is 0 Å². The molecular weight excluding hydrogens is 380 g/mol. The molecule has 0 radical (unpaired) electrons. The Balaban J connectivity index is 2.15. The van der Waals surface area contributed by atoms with E-state index in [2.05, 4.69) is 10.6 Å². The van der Waals surface area contributed by atoms with Gasteiger partial charge in [-0.05, 0) is 75.9 Å². The van der Waals surface area contributed by atoms with Gasteiger partial charge in [0.05, 0.1) is 11.3 Å². The van der Waals surface area contributed by atoms with Crippen LogP contribution in [0.5, 0.6) is 0 Å². The van der Waals surface area contributed by atoms with Gasteiger partial charge >= 0.3 is 5.97 Å². The average Bonchev–Trinajstić information content (AvgIpc) is 3.14. The number of nitrogens with one attached hydrogen (secondary N) is 2. The van der Waals surface area contributed by atoms with Crippen LogP contribution < -0.4 is 10.6 Å². The number of fused-ring (bicyclic) bond motifs is 1. The van der Waals surface area contributed by atoms with Crippen molar-refractivity contribution in [3.63, 3.8) is 0 Å². The van der Waals surface area contributed by atoms with Crippen LogP contribution in [0.1, 0.15) is 70.6 Å². The minimum atomic E-state index is -1.19. The molecule has 1 aliphatic rings. The fourth-order valence-electron chi connectivity index (χ4n) is 3.91. The number of carbonyl (C=O) groups excluding carboxylic acids is 1. The number of rotatable bonds is 5. The lowest BCUT2D eigenvalue weighted by Crippen LogP contribution is -2.29. The molecule has 3 N–H and O–H groups in total. The quantitative estimate of drug-likeness (QED) is 0.680. The lowest BCUT2D eigenvalue weighted by Gasteiger charge is -2.29. The fourth-order valence-corrected chi connectivity index (χ4v) is 3.91. The van der Waals surface area contributed by atoms with E-state index in [-0.39, 0.29) is 5.91 Å². The molecule has 0 aromatic heterocycles. The molecule has 0 saturated carbocycles. The Hall–Kier alpha value is -2.70. The number of ether oxygens (including phenoxy) is 1. The zero-order valence-corrected chi connectivity index (χ0v) is 18.5. The number of carboxylic acids is 1. The number of aliphatic carboxylic acids is 1. The number of hydrogen-bond donors (Lipinski definition) is 3. The first-order valence-electron chi connectivity index (χ1n) is 10.1. The van der Waals surface area contributed by atoms with Gasteiger partial charge in [0.1, 0.15) is 0 Å². The minimum absolute atomic E-state index is 0.274. The van der Waals surface area contributed by atoms with Gasteiger partial charge in [-0.15, -0.1) is 0 Å². The highest BCUT2D eigenvalue weighted by atomic mass is 16.5. The van der Waals surface area contributed by atoms with Crippen LogP contribution in [-0.4, -0.2) is 22.6 Å².